The largest absolute Gasteiger partial charge is 0.496 e. The molecule has 7 nitrogen and oxygen atoms in total. The van der Waals surface area contributed by atoms with E-state index in [1.54, 1.807) is 19.2 Å². The van der Waals surface area contributed by atoms with E-state index in [-0.39, 0.29) is 6.04 Å². The van der Waals surface area contributed by atoms with Crippen molar-refractivity contribution in [2.24, 2.45) is 11.0 Å². The molecule has 31 heavy (non-hydrogen) atoms. The first-order valence-electron chi connectivity index (χ1n) is 10.6. The van der Waals surface area contributed by atoms with E-state index in [0.717, 1.165) is 23.5 Å². The number of pyridine rings is 1. The van der Waals surface area contributed by atoms with Gasteiger partial charge in [-0.3, -0.25) is 0 Å². The van der Waals surface area contributed by atoms with E-state index in [4.69, 9.17) is 14.6 Å². The second-order valence-corrected chi connectivity index (χ2v) is 8.03. The van der Waals surface area contributed by atoms with Gasteiger partial charge in [-0.25, -0.2) is 14.8 Å². The Morgan fingerprint density at radius 2 is 1.97 bits per heavy atom. The number of hydrazone groups is 1. The maximum atomic E-state index is 11.9. The van der Waals surface area contributed by atoms with Gasteiger partial charge in [-0.2, -0.15) is 10.4 Å². The van der Waals surface area contributed by atoms with Crippen LogP contribution in [0.1, 0.15) is 59.3 Å². The quantitative estimate of drug-likeness (QED) is 0.675. The topological polar surface area (TPSA) is 87.8 Å². The van der Waals surface area contributed by atoms with Crippen LogP contribution in [0, 0.1) is 24.2 Å². The van der Waals surface area contributed by atoms with Crippen molar-refractivity contribution >= 4 is 17.5 Å². The highest BCUT2D eigenvalue weighted by atomic mass is 16.5. The monoisotopic (exact) mass is 418 g/mol. The number of aryl methyl sites for hydroxylation is 1. The lowest BCUT2D eigenvalue weighted by atomic mass is 9.91. The summed E-state index contributed by atoms with van der Waals surface area (Å²) in [5, 5.41) is 16.2. The molecule has 0 saturated heterocycles. The van der Waals surface area contributed by atoms with Gasteiger partial charge < -0.3 is 9.47 Å². The number of methoxy groups -OCH3 is 2. The molecule has 2 aliphatic rings. The molecule has 4 rings (SSSR count). The molecule has 2 aromatic rings. The second kappa shape index (κ2) is 8.76. The van der Waals surface area contributed by atoms with Gasteiger partial charge in [0.15, 0.2) is 0 Å². The molecule has 0 bridgehead atoms. The van der Waals surface area contributed by atoms with Crippen LogP contribution in [-0.2, 0) is 4.74 Å². The number of esters is 1. The molecule has 1 aromatic carbocycles. The number of nitriles is 1. The molecule has 1 aromatic heterocycles. The van der Waals surface area contributed by atoms with Crippen molar-refractivity contribution in [3.63, 3.8) is 0 Å². The predicted molar refractivity (Wildman–Crippen MR) is 117 cm³/mol. The van der Waals surface area contributed by atoms with E-state index in [1.807, 2.05) is 30.1 Å². The van der Waals surface area contributed by atoms with Crippen LogP contribution in [0.4, 0.5) is 5.82 Å². The van der Waals surface area contributed by atoms with Crippen molar-refractivity contribution in [2.45, 2.75) is 45.1 Å². The minimum absolute atomic E-state index is 0.210. The van der Waals surface area contributed by atoms with E-state index >= 15 is 0 Å². The van der Waals surface area contributed by atoms with Crippen molar-refractivity contribution in [2.75, 3.05) is 19.2 Å². The maximum Gasteiger partial charge on any atom is 0.337 e. The first-order valence-corrected chi connectivity index (χ1v) is 10.6. The van der Waals surface area contributed by atoms with Crippen molar-refractivity contribution in [1.82, 2.24) is 4.98 Å². The number of ether oxygens (including phenoxy) is 2. The molecular weight excluding hydrogens is 392 g/mol. The van der Waals surface area contributed by atoms with Crippen LogP contribution < -0.4 is 9.75 Å². The summed E-state index contributed by atoms with van der Waals surface area (Å²) in [6.07, 6.45) is 5.61. The highest BCUT2D eigenvalue weighted by molar-refractivity contribution is 6.06. The summed E-state index contributed by atoms with van der Waals surface area (Å²) in [6.45, 7) is 1.85. The zero-order valence-electron chi connectivity index (χ0n) is 18.1. The number of aromatic nitrogens is 1. The molecule has 1 atom stereocenters. The lowest BCUT2D eigenvalue weighted by molar-refractivity contribution is 0.0600. The van der Waals surface area contributed by atoms with Crippen molar-refractivity contribution in [1.29, 1.82) is 5.26 Å². The van der Waals surface area contributed by atoms with Crippen LogP contribution in [0.3, 0.4) is 0 Å². The average molecular weight is 418 g/mol. The van der Waals surface area contributed by atoms with Crippen LogP contribution in [0.5, 0.6) is 5.75 Å². The lowest BCUT2D eigenvalue weighted by Crippen LogP contribution is -2.33. The standard InChI is InChI=1S/C24H26N4O3/c1-15-18(14-25)9-11-23(26-15)28-21(16-6-4-5-7-16)13-20(27-28)19-10-8-17(24(29)31-3)12-22(19)30-2/h8-12,16,21H,4-7,13H2,1-3H3. The third-order valence-corrected chi connectivity index (χ3v) is 6.25. The fourth-order valence-electron chi connectivity index (χ4n) is 4.59. The van der Waals surface area contributed by atoms with E-state index in [0.29, 0.717) is 28.5 Å². The Balaban J connectivity index is 1.73. The van der Waals surface area contributed by atoms with Gasteiger partial charge in [-0.15, -0.1) is 0 Å². The summed E-state index contributed by atoms with van der Waals surface area (Å²) in [5.41, 5.74) is 3.49. The fraction of sp³-hybridized carbons (Fsp3) is 0.417. The molecule has 0 N–H and O–H groups in total. The van der Waals surface area contributed by atoms with Crippen molar-refractivity contribution in [3.05, 3.63) is 52.7 Å². The van der Waals surface area contributed by atoms with Gasteiger partial charge in [0.1, 0.15) is 17.6 Å². The normalized spacial score (nSPS) is 18.6. The Morgan fingerprint density at radius 3 is 2.61 bits per heavy atom. The van der Waals surface area contributed by atoms with E-state index < -0.39 is 5.97 Å². The van der Waals surface area contributed by atoms with Gasteiger partial charge >= 0.3 is 5.97 Å². The van der Waals surface area contributed by atoms with Crippen LogP contribution in [0.2, 0.25) is 0 Å². The fourth-order valence-corrected chi connectivity index (χ4v) is 4.59. The lowest BCUT2D eigenvalue weighted by Gasteiger charge is -2.27. The Kier molecular flexibility index (Phi) is 5.90. The second-order valence-electron chi connectivity index (χ2n) is 8.03. The van der Waals surface area contributed by atoms with Crippen molar-refractivity contribution in [3.8, 4) is 11.8 Å². The number of anilines is 1. The third kappa shape index (κ3) is 3.98. The van der Waals surface area contributed by atoms with Crippen LogP contribution in [0.25, 0.3) is 0 Å². The highest BCUT2D eigenvalue weighted by Crippen LogP contribution is 2.39. The third-order valence-electron chi connectivity index (χ3n) is 6.25. The molecule has 0 spiro atoms. The first kappa shape index (κ1) is 20.9. The molecule has 7 heteroatoms. The average Bonchev–Trinajstić information content (AvgIpc) is 3.48. The van der Waals surface area contributed by atoms with Gasteiger partial charge in [0, 0.05) is 12.0 Å². The Labute approximate surface area is 182 Å². The Bertz CT molecular complexity index is 1070. The Hall–Kier alpha value is -3.40. The Morgan fingerprint density at radius 1 is 1.19 bits per heavy atom. The highest BCUT2D eigenvalue weighted by Gasteiger charge is 2.37. The SMILES string of the molecule is COC(=O)c1ccc(C2=NN(c3ccc(C#N)c(C)n3)C(C3CCCC3)C2)c(OC)c1. The minimum Gasteiger partial charge on any atom is -0.496 e. The number of rotatable bonds is 5. The van der Waals surface area contributed by atoms with E-state index in [9.17, 15) is 10.1 Å². The summed E-state index contributed by atoms with van der Waals surface area (Å²) in [5.74, 6) is 1.49. The van der Waals surface area contributed by atoms with Gasteiger partial charge in [-0.1, -0.05) is 12.8 Å². The van der Waals surface area contributed by atoms with Gasteiger partial charge in [0.25, 0.3) is 0 Å². The molecule has 160 valence electrons. The number of hydrogen-bond donors (Lipinski definition) is 0. The molecule has 1 unspecified atom stereocenters. The number of hydrogen-bond acceptors (Lipinski definition) is 7. The first-order chi connectivity index (χ1) is 15.0. The zero-order valence-corrected chi connectivity index (χ0v) is 18.1. The summed E-state index contributed by atoms with van der Waals surface area (Å²) < 4.78 is 10.4. The van der Waals surface area contributed by atoms with Gasteiger partial charge in [-0.05, 0) is 56.0 Å². The minimum atomic E-state index is -0.402. The van der Waals surface area contributed by atoms with Crippen LogP contribution in [0.15, 0.2) is 35.4 Å². The van der Waals surface area contributed by atoms with Gasteiger partial charge in [0.05, 0.1) is 42.8 Å². The summed E-state index contributed by atoms with van der Waals surface area (Å²) >= 11 is 0. The van der Waals surface area contributed by atoms with Crippen LogP contribution >= 0.6 is 0 Å². The molecule has 0 amide bonds. The number of nitrogens with zero attached hydrogens (tertiary/aromatic N) is 4. The van der Waals surface area contributed by atoms with Crippen molar-refractivity contribution < 1.29 is 14.3 Å². The summed E-state index contributed by atoms with van der Waals surface area (Å²) in [7, 11) is 2.95. The molecule has 1 saturated carbocycles. The number of carbonyl (C=O) groups excluding carboxylic acids is 1. The summed E-state index contributed by atoms with van der Waals surface area (Å²) in [6, 6.07) is 11.4. The molecular formula is C24H26N4O3. The van der Waals surface area contributed by atoms with Crippen LogP contribution in [-0.4, -0.2) is 36.9 Å². The van der Waals surface area contributed by atoms with E-state index in [1.165, 1.54) is 32.8 Å². The number of carbonyl (C=O) groups is 1. The number of benzene rings is 1. The summed E-state index contributed by atoms with van der Waals surface area (Å²) in [4.78, 5) is 16.6. The molecule has 2 heterocycles. The smallest absolute Gasteiger partial charge is 0.337 e. The molecule has 1 aliphatic carbocycles. The molecule has 0 radical (unpaired) electrons. The van der Waals surface area contributed by atoms with E-state index in [2.05, 4.69) is 11.1 Å². The van der Waals surface area contributed by atoms with Gasteiger partial charge in [0.2, 0.25) is 0 Å². The predicted octanol–water partition coefficient (Wildman–Crippen LogP) is 4.23. The maximum absolute atomic E-state index is 11.9. The molecule has 1 aliphatic heterocycles. The zero-order chi connectivity index (χ0) is 22.0. The molecule has 1 fully saturated rings.